The zero-order chi connectivity index (χ0) is 17.6. The van der Waals surface area contributed by atoms with Crippen molar-refractivity contribution in [3.8, 4) is 0 Å². The molecule has 6 heteroatoms. The van der Waals surface area contributed by atoms with Gasteiger partial charge in [0.15, 0.2) is 5.96 Å². The topological polar surface area (TPSA) is 49.3 Å². The second-order valence-electron chi connectivity index (χ2n) is 6.77. The van der Waals surface area contributed by atoms with Crippen LogP contribution in [0, 0.1) is 13.8 Å². The van der Waals surface area contributed by atoms with E-state index < -0.39 is 0 Å². The van der Waals surface area contributed by atoms with E-state index in [0.717, 1.165) is 23.2 Å². The lowest BCUT2D eigenvalue weighted by Gasteiger charge is -2.30. The van der Waals surface area contributed by atoms with Gasteiger partial charge in [0.05, 0.1) is 17.2 Å². The molecule has 1 heterocycles. The zero-order valence-electron chi connectivity index (χ0n) is 15.8. The Hall–Kier alpha value is -1.15. The Kier molecular flexibility index (Phi) is 8.34. The first-order chi connectivity index (χ1) is 12.2. The Balaban J connectivity index is 0.00000243. The summed E-state index contributed by atoms with van der Waals surface area (Å²) >= 11 is 1.75. The van der Waals surface area contributed by atoms with E-state index in [0.29, 0.717) is 12.0 Å². The maximum atomic E-state index is 4.49. The summed E-state index contributed by atoms with van der Waals surface area (Å²) < 4.78 is 0. The van der Waals surface area contributed by atoms with Crippen LogP contribution < -0.4 is 10.6 Å². The molecule has 1 saturated carbocycles. The van der Waals surface area contributed by atoms with Gasteiger partial charge in [0, 0.05) is 18.0 Å². The quantitative estimate of drug-likeness (QED) is 0.374. The maximum absolute atomic E-state index is 4.49. The van der Waals surface area contributed by atoms with E-state index in [1.54, 1.807) is 11.3 Å². The van der Waals surface area contributed by atoms with Gasteiger partial charge >= 0.3 is 0 Å². The largest absolute Gasteiger partial charge is 0.354 e. The molecule has 142 valence electrons. The molecule has 1 aliphatic carbocycles. The molecule has 2 aromatic rings. The fourth-order valence-corrected chi connectivity index (χ4v) is 4.46. The van der Waals surface area contributed by atoms with E-state index in [9.17, 15) is 0 Å². The summed E-state index contributed by atoms with van der Waals surface area (Å²) in [4.78, 5) is 10.2. The molecular weight excluding hydrogens is 455 g/mol. The number of rotatable bonds is 4. The Morgan fingerprint density at radius 2 is 1.85 bits per heavy atom. The smallest absolute Gasteiger partial charge is 0.191 e. The highest BCUT2D eigenvalue weighted by atomic mass is 127. The number of nitrogens with zero attached hydrogens (tertiary/aromatic N) is 2. The summed E-state index contributed by atoms with van der Waals surface area (Å²) in [5.74, 6) is 1.60. The highest BCUT2D eigenvalue weighted by Gasteiger charge is 2.22. The van der Waals surface area contributed by atoms with Crippen LogP contribution in [-0.2, 0) is 6.54 Å². The van der Waals surface area contributed by atoms with Crippen LogP contribution in [0.4, 0.5) is 0 Å². The van der Waals surface area contributed by atoms with Crippen molar-refractivity contribution >= 4 is 41.3 Å². The van der Waals surface area contributed by atoms with Gasteiger partial charge in [-0.3, -0.25) is 4.99 Å². The maximum Gasteiger partial charge on any atom is 0.191 e. The summed E-state index contributed by atoms with van der Waals surface area (Å²) in [7, 11) is 1.84. The molecule has 4 nitrogen and oxygen atoms in total. The number of guanidine groups is 1. The molecule has 26 heavy (non-hydrogen) atoms. The van der Waals surface area contributed by atoms with Gasteiger partial charge < -0.3 is 10.6 Å². The second-order valence-corrected chi connectivity index (χ2v) is 8.06. The predicted molar refractivity (Wildman–Crippen MR) is 122 cm³/mol. The third kappa shape index (κ3) is 5.67. The van der Waals surface area contributed by atoms with E-state index in [2.05, 4.69) is 64.8 Å². The van der Waals surface area contributed by atoms with E-state index >= 15 is 0 Å². The second kappa shape index (κ2) is 10.3. The van der Waals surface area contributed by atoms with Crippen LogP contribution in [0.25, 0.3) is 0 Å². The highest BCUT2D eigenvalue weighted by molar-refractivity contribution is 14.0. The first-order valence-electron chi connectivity index (χ1n) is 9.10. The Morgan fingerprint density at radius 1 is 1.15 bits per heavy atom. The number of hydrogen-bond donors (Lipinski definition) is 2. The minimum absolute atomic E-state index is 0. The van der Waals surface area contributed by atoms with Crippen LogP contribution in [0.1, 0.15) is 52.7 Å². The monoisotopic (exact) mass is 484 g/mol. The third-order valence-electron chi connectivity index (χ3n) is 4.98. The average Bonchev–Trinajstić information content (AvgIpc) is 2.97. The first kappa shape index (κ1) is 21.2. The average molecular weight is 484 g/mol. The molecule has 1 aliphatic rings. The van der Waals surface area contributed by atoms with E-state index in [1.807, 2.05) is 7.05 Å². The number of aromatic nitrogens is 1. The van der Waals surface area contributed by atoms with Crippen molar-refractivity contribution in [3.05, 3.63) is 51.5 Å². The molecule has 0 spiro atoms. The normalized spacial score (nSPS) is 20.3. The van der Waals surface area contributed by atoms with Gasteiger partial charge in [-0.2, -0.15) is 0 Å². The molecule has 0 radical (unpaired) electrons. The molecule has 3 rings (SSSR count). The van der Waals surface area contributed by atoms with E-state index in [-0.39, 0.29) is 24.0 Å². The number of halogens is 1. The van der Waals surface area contributed by atoms with Crippen molar-refractivity contribution in [1.82, 2.24) is 15.6 Å². The van der Waals surface area contributed by atoms with E-state index in [4.69, 9.17) is 0 Å². The number of thiazole rings is 1. The molecule has 0 amide bonds. The molecule has 0 saturated heterocycles. The van der Waals surface area contributed by atoms with E-state index in [1.165, 1.54) is 36.1 Å². The summed E-state index contributed by atoms with van der Waals surface area (Å²) in [6.45, 7) is 4.91. The van der Waals surface area contributed by atoms with Crippen molar-refractivity contribution in [1.29, 1.82) is 0 Å². The first-order valence-corrected chi connectivity index (χ1v) is 9.92. The lowest BCUT2D eigenvalue weighted by Crippen LogP contribution is -2.44. The lowest BCUT2D eigenvalue weighted by atomic mass is 9.82. The van der Waals surface area contributed by atoms with Gasteiger partial charge in [-0.1, -0.05) is 30.3 Å². The van der Waals surface area contributed by atoms with Crippen LogP contribution >= 0.6 is 35.3 Å². The fraction of sp³-hybridized carbons (Fsp3) is 0.500. The minimum atomic E-state index is 0. The lowest BCUT2D eigenvalue weighted by molar-refractivity contribution is 0.371. The van der Waals surface area contributed by atoms with Crippen LogP contribution in [0.3, 0.4) is 0 Å². The molecule has 0 atom stereocenters. The Morgan fingerprint density at radius 3 is 2.42 bits per heavy atom. The van der Waals surface area contributed by atoms with Gasteiger partial charge in [-0.05, 0) is 51.0 Å². The SMILES string of the molecule is CN=C(NCc1sc(C)nc1C)NC1CCC(c2ccccc2)CC1.I. The molecule has 0 aliphatic heterocycles. The standard InChI is InChI=1S/C20H28N4S.HI/c1-14-19(25-15(2)23-14)13-22-20(21-3)24-18-11-9-17(10-12-18)16-7-5-4-6-8-16;/h4-8,17-18H,9-13H2,1-3H3,(H2,21,22,24);1H. The van der Waals surface area contributed by atoms with Crippen molar-refractivity contribution in [2.75, 3.05) is 7.05 Å². The molecule has 2 N–H and O–H groups in total. The summed E-state index contributed by atoms with van der Waals surface area (Å²) in [6.07, 6.45) is 4.87. The van der Waals surface area contributed by atoms with Crippen LogP contribution in [0.2, 0.25) is 0 Å². The number of nitrogens with one attached hydrogen (secondary N) is 2. The minimum Gasteiger partial charge on any atom is -0.354 e. The molecular formula is C20H29IN4S. The number of aryl methyl sites for hydroxylation is 2. The van der Waals surface area contributed by atoms with Gasteiger partial charge in [0.2, 0.25) is 0 Å². The van der Waals surface area contributed by atoms with Gasteiger partial charge in [0.1, 0.15) is 0 Å². The van der Waals surface area contributed by atoms with Crippen molar-refractivity contribution in [2.45, 2.75) is 58.0 Å². The summed E-state index contributed by atoms with van der Waals surface area (Å²) in [5.41, 5.74) is 2.60. The molecule has 0 bridgehead atoms. The molecule has 0 unspecified atom stereocenters. The summed E-state index contributed by atoms with van der Waals surface area (Å²) in [6, 6.07) is 11.4. The van der Waals surface area contributed by atoms with Crippen LogP contribution in [-0.4, -0.2) is 24.0 Å². The zero-order valence-corrected chi connectivity index (χ0v) is 18.9. The fourth-order valence-electron chi connectivity index (χ4n) is 3.59. The highest BCUT2D eigenvalue weighted by Crippen LogP contribution is 2.32. The van der Waals surface area contributed by atoms with Crippen LogP contribution in [0.5, 0.6) is 0 Å². The van der Waals surface area contributed by atoms with Crippen LogP contribution in [0.15, 0.2) is 35.3 Å². The Labute approximate surface area is 177 Å². The molecule has 1 fully saturated rings. The number of aliphatic imine (C=N–C) groups is 1. The number of benzene rings is 1. The van der Waals surface area contributed by atoms with Gasteiger partial charge in [-0.15, -0.1) is 35.3 Å². The van der Waals surface area contributed by atoms with Crippen molar-refractivity contribution in [2.24, 2.45) is 4.99 Å². The van der Waals surface area contributed by atoms with Gasteiger partial charge in [0.25, 0.3) is 0 Å². The third-order valence-corrected chi connectivity index (χ3v) is 6.05. The van der Waals surface area contributed by atoms with Crippen molar-refractivity contribution in [3.63, 3.8) is 0 Å². The number of hydrogen-bond acceptors (Lipinski definition) is 3. The molecule has 1 aromatic heterocycles. The molecule has 1 aromatic carbocycles. The van der Waals surface area contributed by atoms with Crippen molar-refractivity contribution < 1.29 is 0 Å². The summed E-state index contributed by atoms with van der Waals surface area (Å²) in [5, 5.41) is 8.16. The Bertz CT molecular complexity index is 706. The predicted octanol–water partition coefficient (Wildman–Crippen LogP) is 4.77. The van der Waals surface area contributed by atoms with Gasteiger partial charge in [-0.25, -0.2) is 4.98 Å².